The highest BCUT2D eigenvalue weighted by Gasteiger charge is 2.45. The van der Waals surface area contributed by atoms with Crippen LogP contribution in [0.25, 0.3) is 0 Å². The largest absolute Gasteiger partial charge is 0.481 e. The van der Waals surface area contributed by atoms with Crippen LogP contribution in [0.3, 0.4) is 0 Å². The molecule has 1 aromatic rings. The molecule has 0 bridgehead atoms. The molecule has 21 heavy (non-hydrogen) atoms. The summed E-state index contributed by atoms with van der Waals surface area (Å²) in [6.07, 6.45) is 2.82. The Kier molecular flexibility index (Phi) is 3.89. The molecule has 0 unspecified atom stereocenters. The summed E-state index contributed by atoms with van der Waals surface area (Å²) in [4.78, 5) is 23.1. The van der Waals surface area contributed by atoms with Crippen LogP contribution >= 0.6 is 11.6 Å². The molecule has 112 valence electrons. The third kappa shape index (κ3) is 3.21. The molecule has 2 N–H and O–H groups in total. The summed E-state index contributed by atoms with van der Waals surface area (Å²) < 4.78 is 0. The van der Waals surface area contributed by atoms with Gasteiger partial charge in [0.25, 0.3) is 0 Å². The van der Waals surface area contributed by atoms with E-state index in [-0.39, 0.29) is 29.7 Å². The van der Waals surface area contributed by atoms with Gasteiger partial charge in [-0.3, -0.25) is 9.59 Å². The van der Waals surface area contributed by atoms with E-state index >= 15 is 0 Å². The standard InChI is InChI=1S/C16H18ClNO3/c17-11-3-1-2-9(6-11)13-8-14(13)15(19)18-12-5-4-10(7-12)16(20)21/h1-3,6,10,12-14H,4-5,7-8H2,(H,18,19)(H,20,21)/t10-,12+,13+,14+/m1/s1. The summed E-state index contributed by atoms with van der Waals surface area (Å²) >= 11 is 5.97. The first kappa shape index (κ1) is 14.4. The number of carboxylic acid groups (broad SMARTS) is 1. The van der Waals surface area contributed by atoms with Crippen LogP contribution in [0.2, 0.25) is 5.02 Å². The van der Waals surface area contributed by atoms with Crippen molar-refractivity contribution in [3.05, 3.63) is 34.9 Å². The van der Waals surface area contributed by atoms with Crippen molar-refractivity contribution >= 4 is 23.5 Å². The van der Waals surface area contributed by atoms with Gasteiger partial charge in [0.2, 0.25) is 5.91 Å². The van der Waals surface area contributed by atoms with Crippen molar-refractivity contribution < 1.29 is 14.7 Å². The highest BCUT2D eigenvalue weighted by molar-refractivity contribution is 6.30. The second kappa shape index (κ2) is 5.68. The van der Waals surface area contributed by atoms with Crippen molar-refractivity contribution in [3.63, 3.8) is 0 Å². The molecule has 2 fully saturated rings. The maximum absolute atomic E-state index is 12.2. The van der Waals surface area contributed by atoms with Gasteiger partial charge in [-0.15, -0.1) is 0 Å². The summed E-state index contributed by atoms with van der Waals surface area (Å²) in [7, 11) is 0. The molecule has 2 aliphatic rings. The van der Waals surface area contributed by atoms with Crippen molar-refractivity contribution in [1.29, 1.82) is 0 Å². The molecular weight excluding hydrogens is 290 g/mol. The first-order chi connectivity index (χ1) is 10.0. The highest BCUT2D eigenvalue weighted by Crippen LogP contribution is 2.48. The molecule has 4 atom stereocenters. The van der Waals surface area contributed by atoms with Gasteiger partial charge in [0, 0.05) is 17.0 Å². The maximum Gasteiger partial charge on any atom is 0.306 e. The number of halogens is 1. The Labute approximate surface area is 128 Å². The number of carbonyl (C=O) groups excluding carboxylic acids is 1. The Hall–Kier alpha value is -1.55. The Morgan fingerprint density at radius 2 is 2.05 bits per heavy atom. The number of rotatable bonds is 4. The zero-order valence-corrected chi connectivity index (χ0v) is 12.3. The van der Waals surface area contributed by atoms with Gasteiger partial charge in [-0.2, -0.15) is 0 Å². The van der Waals surface area contributed by atoms with E-state index in [4.69, 9.17) is 16.7 Å². The fraction of sp³-hybridized carbons (Fsp3) is 0.500. The highest BCUT2D eigenvalue weighted by atomic mass is 35.5. The smallest absolute Gasteiger partial charge is 0.306 e. The predicted molar refractivity (Wildman–Crippen MR) is 79.2 cm³/mol. The van der Waals surface area contributed by atoms with E-state index in [9.17, 15) is 9.59 Å². The molecule has 0 aliphatic heterocycles. The Bertz CT molecular complexity index is 574. The number of carbonyl (C=O) groups is 2. The Morgan fingerprint density at radius 1 is 1.24 bits per heavy atom. The van der Waals surface area contributed by atoms with Crippen LogP contribution in [0.1, 0.15) is 37.2 Å². The SMILES string of the molecule is O=C(O)[C@@H]1CC[C@H](NC(=O)[C@H]2C[C@H]2c2cccc(Cl)c2)C1. The lowest BCUT2D eigenvalue weighted by atomic mass is 10.1. The van der Waals surface area contributed by atoms with Crippen molar-refractivity contribution in [3.8, 4) is 0 Å². The summed E-state index contributed by atoms with van der Waals surface area (Å²) in [6, 6.07) is 7.65. The minimum Gasteiger partial charge on any atom is -0.481 e. The Balaban J connectivity index is 1.53. The van der Waals surface area contributed by atoms with Crippen LogP contribution in [0.5, 0.6) is 0 Å². The van der Waals surface area contributed by atoms with E-state index < -0.39 is 5.97 Å². The lowest BCUT2D eigenvalue weighted by Gasteiger charge is -2.12. The zero-order chi connectivity index (χ0) is 15.0. The van der Waals surface area contributed by atoms with Crippen molar-refractivity contribution in [2.24, 2.45) is 11.8 Å². The van der Waals surface area contributed by atoms with Crippen LogP contribution in [0.15, 0.2) is 24.3 Å². The zero-order valence-electron chi connectivity index (χ0n) is 11.6. The Morgan fingerprint density at radius 3 is 2.71 bits per heavy atom. The van der Waals surface area contributed by atoms with E-state index in [1.165, 1.54) is 0 Å². The average Bonchev–Trinajstić information content (AvgIpc) is 3.11. The van der Waals surface area contributed by atoms with E-state index in [1.807, 2.05) is 24.3 Å². The minimum absolute atomic E-state index is 0.00680. The molecule has 4 nitrogen and oxygen atoms in total. The lowest BCUT2D eigenvalue weighted by molar-refractivity contribution is -0.141. The summed E-state index contributed by atoms with van der Waals surface area (Å²) in [5.74, 6) is -0.753. The van der Waals surface area contributed by atoms with Gasteiger partial charge in [-0.05, 0) is 49.3 Å². The van der Waals surface area contributed by atoms with Gasteiger partial charge in [0.1, 0.15) is 0 Å². The molecule has 1 amide bonds. The maximum atomic E-state index is 12.2. The van der Waals surface area contributed by atoms with Crippen molar-refractivity contribution in [2.45, 2.75) is 37.6 Å². The fourth-order valence-corrected chi connectivity index (χ4v) is 3.43. The summed E-state index contributed by atoms with van der Waals surface area (Å²) in [6.45, 7) is 0. The molecule has 0 saturated heterocycles. The number of carboxylic acids is 1. The summed E-state index contributed by atoms with van der Waals surface area (Å²) in [5.41, 5.74) is 1.11. The van der Waals surface area contributed by atoms with Crippen LogP contribution in [-0.4, -0.2) is 23.0 Å². The molecule has 3 rings (SSSR count). The molecule has 5 heteroatoms. The van der Waals surface area contributed by atoms with Gasteiger partial charge < -0.3 is 10.4 Å². The van der Waals surface area contributed by atoms with Crippen molar-refractivity contribution in [2.75, 3.05) is 0 Å². The van der Waals surface area contributed by atoms with Crippen LogP contribution < -0.4 is 5.32 Å². The molecule has 0 spiro atoms. The molecule has 0 aromatic heterocycles. The summed E-state index contributed by atoms with van der Waals surface area (Å²) in [5, 5.41) is 12.7. The number of nitrogens with one attached hydrogen (secondary N) is 1. The number of aliphatic carboxylic acids is 1. The van der Waals surface area contributed by atoms with E-state index in [1.54, 1.807) is 0 Å². The molecule has 2 aliphatic carbocycles. The lowest BCUT2D eigenvalue weighted by Crippen LogP contribution is -2.34. The normalized spacial score (nSPS) is 30.9. The number of hydrogen-bond acceptors (Lipinski definition) is 2. The first-order valence-electron chi connectivity index (χ1n) is 7.33. The van der Waals surface area contributed by atoms with Gasteiger partial charge in [0.15, 0.2) is 0 Å². The third-order valence-corrected chi connectivity index (χ3v) is 4.77. The van der Waals surface area contributed by atoms with E-state index in [0.717, 1.165) is 18.4 Å². The van der Waals surface area contributed by atoms with Crippen LogP contribution in [-0.2, 0) is 9.59 Å². The second-order valence-electron chi connectivity index (χ2n) is 6.06. The van der Waals surface area contributed by atoms with Gasteiger partial charge in [-0.25, -0.2) is 0 Å². The monoisotopic (exact) mass is 307 g/mol. The molecule has 1 aromatic carbocycles. The van der Waals surface area contributed by atoms with Gasteiger partial charge in [0.05, 0.1) is 5.92 Å². The molecule has 0 heterocycles. The fourth-order valence-electron chi connectivity index (χ4n) is 3.24. The molecule has 0 radical (unpaired) electrons. The van der Waals surface area contributed by atoms with Crippen molar-refractivity contribution in [1.82, 2.24) is 5.32 Å². The van der Waals surface area contributed by atoms with E-state index in [0.29, 0.717) is 17.9 Å². The van der Waals surface area contributed by atoms with Crippen LogP contribution in [0.4, 0.5) is 0 Å². The first-order valence-corrected chi connectivity index (χ1v) is 7.71. The van der Waals surface area contributed by atoms with Gasteiger partial charge in [-0.1, -0.05) is 23.7 Å². The third-order valence-electron chi connectivity index (χ3n) is 4.53. The second-order valence-corrected chi connectivity index (χ2v) is 6.49. The van der Waals surface area contributed by atoms with Crippen LogP contribution in [0, 0.1) is 11.8 Å². The quantitative estimate of drug-likeness (QED) is 0.899. The average molecular weight is 308 g/mol. The number of benzene rings is 1. The topological polar surface area (TPSA) is 66.4 Å². The van der Waals surface area contributed by atoms with E-state index in [2.05, 4.69) is 5.32 Å². The number of hydrogen-bond donors (Lipinski definition) is 2. The minimum atomic E-state index is -0.755. The predicted octanol–water partition coefficient (Wildman–Crippen LogP) is 2.81. The number of amides is 1. The molecular formula is C16H18ClNO3. The van der Waals surface area contributed by atoms with Gasteiger partial charge >= 0.3 is 5.97 Å². The molecule has 2 saturated carbocycles.